The van der Waals surface area contributed by atoms with E-state index in [4.69, 9.17) is 16.1 Å². The summed E-state index contributed by atoms with van der Waals surface area (Å²) in [5, 5.41) is 2.46. The molecule has 1 amide bonds. The molecule has 2 N–H and O–H groups in total. The lowest BCUT2D eigenvalue weighted by atomic mass is 10.1. The number of amides is 1. The first-order chi connectivity index (χ1) is 10.5. The van der Waals surface area contributed by atoms with Crippen LogP contribution < -0.4 is 5.32 Å². The van der Waals surface area contributed by atoms with Crippen LogP contribution in [-0.4, -0.2) is 29.6 Å². The maximum absolute atomic E-state index is 11.7. The summed E-state index contributed by atoms with van der Waals surface area (Å²) in [5.74, 6) is 0.643. The first-order valence-electron chi connectivity index (χ1n) is 8.36. The van der Waals surface area contributed by atoms with E-state index in [0.717, 1.165) is 38.5 Å². The molecule has 7 heteroatoms. The van der Waals surface area contributed by atoms with Gasteiger partial charge in [0.2, 0.25) is 0 Å². The Kier molecular flexibility index (Phi) is 14.4. The highest BCUT2D eigenvalue weighted by Gasteiger charge is 2.29. The Morgan fingerprint density at radius 2 is 1.64 bits per heavy atom. The molecule has 0 rings (SSSR count). The topological polar surface area (TPSA) is 75.6 Å². The Labute approximate surface area is 139 Å². The second-order valence-corrected chi connectivity index (χ2v) is 7.54. The minimum atomic E-state index is -4.18. The molecule has 0 aromatic carbocycles. The van der Waals surface area contributed by atoms with Crippen molar-refractivity contribution in [3.8, 4) is 0 Å². The molecule has 0 aliphatic rings. The number of rotatable bonds is 15. The molecule has 0 heterocycles. The van der Waals surface area contributed by atoms with E-state index in [2.05, 4.69) is 12.2 Å². The zero-order valence-electron chi connectivity index (χ0n) is 13.7. The summed E-state index contributed by atoms with van der Waals surface area (Å²) in [5.41, 5.74) is -0.893. The fraction of sp³-hybridized carbons (Fsp3) is 0.933. The van der Waals surface area contributed by atoms with Gasteiger partial charge in [0.25, 0.3) is 0 Å². The molecule has 0 aliphatic heterocycles. The first kappa shape index (κ1) is 21.9. The van der Waals surface area contributed by atoms with Crippen LogP contribution in [0, 0.1) is 0 Å². The fourth-order valence-corrected chi connectivity index (χ4v) is 2.99. The second kappa shape index (κ2) is 14.5. The minimum absolute atomic E-state index is 0.156. The van der Waals surface area contributed by atoms with Crippen molar-refractivity contribution in [1.82, 2.24) is 5.32 Å². The van der Waals surface area contributed by atoms with Crippen molar-refractivity contribution in [2.75, 3.05) is 19.0 Å². The summed E-state index contributed by atoms with van der Waals surface area (Å²) in [6.45, 7) is 2.71. The van der Waals surface area contributed by atoms with Crippen LogP contribution in [0.3, 0.4) is 0 Å². The number of alkyl halides is 1. The van der Waals surface area contributed by atoms with Gasteiger partial charge in [-0.2, -0.15) is 0 Å². The van der Waals surface area contributed by atoms with Gasteiger partial charge in [-0.15, -0.1) is 11.6 Å². The number of carbonyl (C=O) groups excluding carboxylic acids is 1. The predicted octanol–water partition coefficient (Wildman–Crippen LogP) is 5.06. The highest BCUT2D eigenvalue weighted by Crippen LogP contribution is 2.42. The van der Waals surface area contributed by atoms with Gasteiger partial charge < -0.3 is 14.7 Å². The molecule has 5 nitrogen and oxygen atoms in total. The highest BCUT2D eigenvalue weighted by molar-refractivity contribution is 7.70. The van der Waals surface area contributed by atoms with Crippen molar-refractivity contribution in [2.45, 2.75) is 71.1 Å². The predicted molar refractivity (Wildman–Crippen MR) is 91.7 cm³/mol. The number of hydrogen-bond donors (Lipinski definition) is 2. The molecule has 22 heavy (non-hydrogen) atoms. The largest absolute Gasteiger partial charge is 0.415 e. The third-order valence-electron chi connectivity index (χ3n) is 3.36. The standard InChI is InChI=1S/C15H31ClNO4P/c1-2-3-4-5-8-11-14-21-22(19,20)15(18)17-13-10-7-6-9-12-16/h2-14H2,1H3,(H,17,18)(H,19,20). The quantitative estimate of drug-likeness (QED) is 0.244. The van der Waals surface area contributed by atoms with Gasteiger partial charge in [0.15, 0.2) is 0 Å². The van der Waals surface area contributed by atoms with Gasteiger partial charge in [0.1, 0.15) is 0 Å². The molecular weight excluding hydrogens is 325 g/mol. The van der Waals surface area contributed by atoms with E-state index < -0.39 is 13.2 Å². The van der Waals surface area contributed by atoms with Crippen molar-refractivity contribution in [1.29, 1.82) is 0 Å². The maximum Gasteiger partial charge on any atom is 0.415 e. The molecule has 1 atom stereocenters. The maximum atomic E-state index is 11.7. The van der Waals surface area contributed by atoms with Gasteiger partial charge in [-0.05, 0) is 19.3 Å². The molecular formula is C15H31ClNO4P. The molecule has 0 aromatic rings. The molecule has 0 fully saturated rings. The average molecular weight is 356 g/mol. The van der Waals surface area contributed by atoms with Gasteiger partial charge in [-0.1, -0.05) is 51.9 Å². The molecule has 0 aromatic heterocycles. The number of carbonyl (C=O) groups is 1. The third kappa shape index (κ3) is 12.5. The van der Waals surface area contributed by atoms with Crippen molar-refractivity contribution in [2.24, 2.45) is 0 Å². The lowest BCUT2D eigenvalue weighted by Crippen LogP contribution is -2.23. The summed E-state index contributed by atoms with van der Waals surface area (Å²) in [6, 6.07) is 0. The number of nitrogens with one attached hydrogen (secondary N) is 1. The molecule has 132 valence electrons. The van der Waals surface area contributed by atoms with E-state index in [1.807, 2.05) is 0 Å². The monoisotopic (exact) mass is 355 g/mol. The molecule has 0 spiro atoms. The van der Waals surface area contributed by atoms with Crippen LogP contribution in [-0.2, 0) is 9.09 Å². The van der Waals surface area contributed by atoms with Crippen LogP contribution in [0.1, 0.15) is 71.1 Å². The van der Waals surface area contributed by atoms with E-state index in [1.165, 1.54) is 19.3 Å². The van der Waals surface area contributed by atoms with Gasteiger partial charge >= 0.3 is 13.2 Å². The van der Waals surface area contributed by atoms with Gasteiger partial charge in [-0.25, -0.2) is 4.57 Å². The van der Waals surface area contributed by atoms with E-state index in [-0.39, 0.29) is 6.61 Å². The van der Waals surface area contributed by atoms with Crippen molar-refractivity contribution in [3.63, 3.8) is 0 Å². The van der Waals surface area contributed by atoms with Crippen LogP contribution in [0.2, 0.25) is 0 Å². The SMILES string of the molecule is CCCCCCCCOP(=O)(O)C(=O)NCCCCCCCl. The molecule has 1 unspecified atom stereocenters. The van der Waals surface area contributed by atoms with Crippen molar-refractivity contribution >= 4 is 24.8 Å². The molecule has 0 radical (unpaired) electrons. The summed E-state index contributed by atoms with van der Waals surface area (Å²) in [4.78, 5) is 21.2. The summed E-state index contributed by atoms with van der Waals surface area (Å²) >= 11 is 5.56. The fourth-order valence-electron chi connectivity index (χ4n) is 2.00. The Hall–Kier alpha value is -0.0900. The molecule has 0 saturated carbocycles. The van der Waals surface area contributed by atoms with E-state index >= 15 is 0 Å². The number of unbranched alkanes of at least 4 members (excludes halogenated alkanes) is 8. The van der Waals surface area contributed by atoms with Gasteiger partial charge in [-0.3, -0.25) is 4.79 Å². The van der Waals surface area contributed by atoms with Gasteiger partial charge in [0, 0.05) is 12.4 Å². The zero-order valence-corrected chi connectivity index (χ0v) is 15.3. The number of hydrogen-bond acceptors (Lipinski definition) is 3. The smallest absolute Gasteiger partial charge is 0.346 e. The molecule has 0 bridgehead atoms. The Bertz CT molecular complexity index is 329. The van der Waals surface area contributed by atoms with Crippen LogP contribution in [0.15, 0.2) is 0 Å². The minimum Gasteiger partial charge on any atom is -0.346 e. The number of halogens is 1. The van der Waals surface area contributed by atoms with E-state index in [1.54, 1.807) is 0 Å². The van der Waals surface area contributed by atoms with E-state index in [0.29, 0.717) is 18.8 Å². The molecule has 0 aliphatic carbocycles. The Balaban J connectivity index is 3.64. The summed E-state index contributed by atoms with van der Waals surface area (Å²) < 4.78 is 16.6. The van der Waals surface area contributed by atoms with Gasteiger partial charge in [0.05, 0.1) is 6.61 Å². The Morgan fingerprint density at radius 3 is 2.32 bits per heavy atom. The zero-order chi connectivity index (χ0) is 16.7. The summed E-state index contributed by atoms with van der Waals surface area (Å²) in [6.07, 6.45) is 10.0. The second-order valence-electron chi connectivity index (χ2n) is 5.46. The normalized spacial score (nSPS) is 13.8. The van der Waals surface area contributed by atoms with Crippen molar-refractivity contribution < 1.29 is 18.8 Å². The Morgan fingerprint density at radius 1 is 1.05 bits per heavy atom. The third-order valence-corrected chi connectivity index (χ3v) is 4.83. The van der Waals surface area contributed by atoms with Crippen LogP contribution >= 0.6 is 19.2 Å². The van der Waals surface area contributed by atoms with Crippen molar-refractivity contribution in [3.05, 3.63) is 0 Å². The van der Waals surface area contributed by atoms with Crippen LogP contribution in [0.4, 0.5) is 4.79 Å². The first-order valence-corrected chi connectivity index (χ1v) is 10.5. The van der Waals surface area contributed by atoms with Crippen LogP contribution in [0.5, 0.6) is 0 Å². The van der Waals surface area contributed by atoms with Crippen LogP contribution in [0.25, 0.3) is 0 Å². The van der Waals surface area contributed by atoms with E-state index in [9.17, 15) is 14.3 Å². The average Bonchev–Trinajstić information content (AvgIpc) is 2.49. The summed E-state index contributed by atoms with van der Waals surface area (Å²) in [7, 11) is -4.18. The highest BCUT2D eigenvalue weighted by atomic mass is 35.5. The lowest BCUT2D eigenvalue weighted by molar-refractivity contribution is 0.227. The lowest BCUT2D eigenvalue weighted by Gasteiger charge is -2.12. The molecule has 0 saturated heterocycles.